The molecule has 0 spiro atoms. The average Bonchev–Trinajstić information content (AvgIpc) is 3.40. The van der Waals surface area contributed by atoms with Gasteiger partial charge in [0, 0.05) is 31.2 Å². The Labute approximate surface area is 206 Å². The Kier molecular flexibility index (Phi) is 7.63. The molecule has 0 unspecified atom stereocenters. The molecule has 2 saturated heterocycles. The number of hydrogen-bond donors (Lipinski definition) is 1. The lowest BCUT2D eigenvalue weighted by Crippen LogP contribution is -2.36. The number of morpholine rings is 1. The molecule has 0 amide bonds. The van der Waals surface area contributed by atoms with E-state index in [1.54, 1.807) is 0 Å². The summed E-state index contributed by atoms with van der Waals surface area (Å²) in [5.74, 6) is 1.75. The van der Waals surface area contributed by atoms with Crippen LogP contribution in [0.15, 0.2) is 24.3 Å². The molecule has 1 saturated carbocycles. The van der Waals surface area contributed by atoms with Gasteiger partial charge in [-0.3, -0.25) is 4.79 Å². The highest BCUT2D eigenvalue weighted by Gasteiger charge is 2.26. The third kappa shape index (κ3) is 5.85. The van der Waals surface area contributed by atoms with Gasteiger partial charge in [0.25, 0.3) is 6.47 Å². The van der Waals surface area contributed by atoms with Crippen molar-refractivity contribution in [3.8, 4) is 22.9 Å². The molecule has 1 aliphatic carbocycles. The molecule has 0 bridgehead atoms. The summed E-state index contributed by atoms with van der Waals surface area (Å²) in [6.45, 7) is 7.02. The number of ether oxygens (including phenoxy) is 4. The first kappa shape index (κ1) is 23.8. The summed E-state index contributed by atoms with van der Waals surface area (Å²) in [5.41, 5.74) is 2.51. The van der Waals surface area contributed by atoms with E-state index in [1.165, 1.54) is 12.8 Å². The molecule has 1 atom stereocenters. The Morgan fingerprint density at radius 2 is 1.71 bits per heavy atom. The van der Waals surface area contributed by atoms with Crippen LogP contribution in [-0.2, 0) is 14.3 Å². The summed E-state index contributed by atoms with van der Waals surface area (Å²) in [5, 5.41) is 3.45. The molecule has 3 fully saturated rings. The minimum atomic E-state index is -0.108. The summed E-state index contributed by atoms with van der Waals surface area (Å²) in [6, 6.07) is 8.40. The Morgan fingerprint density at radius 3 is 2.40 bits per heavy atom. The van der Waals surface area contributed by atoms with Gasteiger partial charge in [-0.1, -0.05) is 19.1 Å². The van der Waals surface area contributed by atoms with Crippen LogP contribution in [0.2, 0.25) is 0 Å². The first-order valence-electron chi connectivity index (χ1n) is 12.7. The zero-order valence-corrected chi connectivity index (χ0v) is 20.3. The lowest BCUT2D eigenvalue weighted by molar-refractivity contribution is -0.120. The van der Waals surface area contributed by atoms with E-state index in [-0.39, 0.29) is 18.0 Å². The highest BCUT2D eigenvalue weighted by Crippen LogP contribution is 2.39. The van der Waals surface area contributed by atoms with E-state index in [2.05, 4.69) is 34.3 Å². The van der Waals surface area contributed by atoms with Crippen molar-refractivity contribution in [1.29, 1.82) is 0 Å². The van der Waals surface area contributed by atoms with Gasteiger partial charge in [0.2, 0.25) is 17.7 Å². The molecule has 9 nitrogen and oxygen atoms in total. The molecular weight excluding hydrogens is 448 g/mol. The quantitative estimate of drug-likeness (QED) is 0.566. The van der Waals surface area contributed by atoms with Crippen LogP contribution < -0.4 is 19.7 Å². The monoisotopic (exact) mass is 482 g/mol. The molecule has 35 heavy (non-hydrogen) atoms. The van der Waals surface area contributed by atoms with Crippen LogP contribution in [0.5, 0.6) is 11.8 Å². The fourth-order valence-corrected chi connectivity index (χ4v) is 4.96. The average molecular weight is 483 g/mol. The van der Waals surface area contributed by atoms with E-state index >= 15 is 0 Å². The van der Waals surface area contributed by atoms with Crippen molar-refractivity contribution in [3.63, 3.8) is 0 Å². The Morgan fingerprint density at radius 1 is 0.971 bits per heavy atom. The SMILES string of the molecule is CC1CCC(Nc2nc(OC=O)c(-c3ccc(N4CCOCC4)cc3)c(O[C@@H]3CCOC3)n2)CC1. The van der Waals surface area contributed by atoms with Crippen LogP contribution >= 0.6 is 0 Å². The number of rotatable bonds is 8. The van der Waals surface area contributed by atoms with Crippen LogP contribution in [-0.4, -0.2) is 68.1 Å². The van der Waals surface area contributed by atoms with Gasteiger partial charge < -0.3 is 29.2 Å². The van der Waals surface area contributed by atoms with Crippen LogP contribution in [0, 0.1) is 5.92 Å². The second-order valence-corrected chi connectivity index (χ2v) is 9.60. The van der Waals surface area contributed by atoms with Gasteiger partial charge >= 0.3 is 0 Å². The smallest absolute Gasteiger partial charge is 0.299 e. The molecule has 9 heteroatoms. The van der Waals surface area contributed by atoms with Gasteiger partial charge in [0.1, 0.15) is 11.7 Å². The van der Waals surface area contributed by atoms with Crippen LogP contribution in [0.25, 0.3) is 11.1 Å². The number of carbonyl (C=O) groups is 1. The normalized spacial score (nSPS) is 24.7. The van der Waals surface area contributed by atoms with Gasteiger partial charge in [0.15, 0.2) is 0 Å². The van der Waals surface area contributed by atoms with E-state index in [4.69, 9.17) is 23.9 Å². The third-order valence-corrected chi connectivity index (χ3v) is 7.05. The minimum absolute atomic E-state index is 0.108. The predicted octanol–water partition coefficient (Wildman–Crippen LogP) is 3.67. The number of aromatic nitrogens is 2. The Hall–Kier alpha value is -2.91. The number of nitrogens with one attached hydrogen (secondary N) is 1. The van der Waals surface area contributed by atoms with Crippen molar-refractivity contribution in [1.82, 2.24) is 9.97 Å². The maximum atomic E-state index is 11.4. The first-order valence-corrected chi connectivity index (χ1v) is 12.7. The standard InChI is InChI=1S/C26H34N4O5/c1-18-2-6-20(7-3-18)27-26-28-24(34-17-31)23(25(29-26)35-22-10-13-33-16-22)19-4-8-21(9-5-19)30-11-14-32-15-12-30/h4-5,8-9,17-18,20,22H,2-3,6-7,10-16H2,1H3,(H,27,28,29)/t18?,20?,22-/m1/s1. The summed E-state index contributed by atoms with van der Waals surface area (Å²) in [7, 11) is 0. The van der Waals surface area contributed by atoms with Gasteiger partial charge in [-0.25, -0.2) is 0 Å². The molecular formula is C26H34N4O5. The molecule has 188 valence electrons. The van der Waals surface area contributed by atoms with Crippen LogP contribution in [0.4, 0.5) is 11.6 Å². The largest absolute Gasteiger partial charge is 0.471 e. The fraction of sp³-hybridized carbons (Fsp3) is 0.577. The second kappa shape index (κ2) is 11.2. The lowest BCUT2D eigenvalue weighted by Gasteiger charge is -2.29. The van der Waals surface area contributed by atoms with Crippen molar-refractivity contribution < 1.29 is 23.7 Å². The number of carbonyl (C=O) groups excluding carboxylic acids is 1. The number of benzene rings is 1. The molecule has 3 heterocycles. The van der Waals surface area contributed by atoms with Gasteiger partial charge in [-0.15, -0.1) is 0 Å². The van der Waals surface area contributed by atoms with Gasteiger partial charge in [-0.05, 0) is 49.3 Å². The fourth-order valence-electron chi connectivity index (χ4n) is 4.96. The van der Waals surface area contributed by atoms with Crippen LogP contribution in [0.3, 0.4) is 0 Å². The zero-order valence-electron chi connectivity index (χ0n) is 20.3. The lowest BCUT2D eigenvalue weighted by atomic mass is 9.87. The zero-order chi connectivity index (χ0) is 24.0. The number of anilines is 2. The van der Waals surface area contributed by atoms with E-state index in [0.29, 0.717) is 37.1 Å². The molecule has 5 rings (SSSR count). The van der Waals surface area contributed by atoms with E-state index < -0.39 is 0 Å². The third-order valence-electron chi connectivity index (χ3n) is 7.05. The molecule has 2 aromatic rings. The minimum Gasteiger partial charge on any atom is -0.471 e. The second-order valence-electron chi connectivity index (χ2n) is 9.60. The van der Waals surface area contributed by atoms with Crippen molar-refractivity contribution in [2.24, 2.45) is 5.92 Å². The topological polar surface area (TPSA) is 95.0 Å². The first-order chi connectivity index (χ1) is 17.2. The molecule has 2 aliphatic heterocycles. The summed E-state index contributed by atoms with van der Waals surface area (Å²) >= 11 is 0. The molecule has 1 N–H and O–H groups in total. The summed E-state index contributed by atoms with van der Waals surface area (Å²) < 4.78 is 22.7. The van der Waals surface area contributed by atoms with Gasteiger partial charge in [0.05, 0.1) is 26.4 Å². The van der Waals surface area contributed by atoms with Crippen molar-refractivity contribution >= 4 is 18.1 Å². The van der Waals surface area contributed by atoms with E-state index in [0.717, 1.165) is 62.7 Å². The van der Waals surface area contributed by atoms with Crippen molar-refractivity contribution in [3.05, 3.63) is 24.3 Å². The molecule has 1 aromatic heterocycles. The highest BCUT2D eigenvalue weighted by molar-refractivity contribution is 5.77. The maximum Gasteiger partial charge on any atom is 0.299 e. The summed E-state index contributed by atoms with van der Waals surface area (Å²) in [4.78, 5) is 23.1. The maximum absolute atomic E-state index is 11.4. The number of nitrogens with zero attached hydrogens (tertiary/aromatic N) is 3. The van der Waals surface area contributed by atoms with Gasteiger partial charge in [-0.2, -0.15) is 9.97 Å². The predicted molar refractivity (Wildman–Crippen MR) is 132 cm³/mol. The Balaban J connectivity index is 1.46. The highest BCUT2D eigenvalue weighted by atomic mass is 16.6. The molecule has 3 aliphatic rings. The molecule has 1 aromatic carbocycles. The Bertz CT molecular complexity index is 982. The van der Waals surface area contributed by atoms with Crippen molar-refractivity contribution in [2.75, 3.05) is 49.7 Å². The van der Waals surface area contributed by atoms with Crippen LogP contribution in [0.1, 0.15) is 39.0 Å². The van der Waals surface area contributed by atoms with E-state index in [1.807, 2.05) is 12.1 Å². The van der Waals surface area contributed by atoms with Crippen molar-refractivity contribution in [2.45, 2.75) is 51.2 Å². The molecule has 0 radical (unpaired) electrons. The van der Waals surface area contributed by atoms with E-state index in [9.17, 15) is 4.79 Å². The summed E-state index contributed by atoms with van der Waals surface area (Å²) in [6.07, 6.45) is 5.14. The number of hydrogen-bond acceptors (Lipinski definition) is 9.